The third-order valence-corrected chi connectivity index (χ3v) is 4.95. The molecule has 0 spiro atoms. The van der Waals surface area contributed by atoms with Crippen LogP contribution in [-0.4, -0.2) is 87.0 Å². The molecule has 0 bridgehead atoms. The van der Waals surface area contributed by atoms with Gasteiger partial charge in [0.2, 0.25) is 11.8 Å². The van der Waals surface area contributed by atoms with Gasteiger partial charge in [-0.05, 0) is 25.7 Å². The first-order valence-electron chi connectivity index (χ1n) is 10.2. The first-order chi connectivity index (χ1) is 14.3. The summed E-state index contributed by atoms with van der Waals surface area (Å²) in [7, 11) is 0. The highest BCUT2D eigenvalue weighted by Gasteiger charge is 2.18. The zero-order valence-corrected chi connectivity index (χ0v) is 17.3. The van der Waals surface area contributed by atoms with Gasteiger partial charge in [0.25, 0.3) is 0 Å². The van der Waals surface area contributed by atoms with E-state index in [1.807, 2.05) is 4.90 Å². The third-order valence-electron chi connectivity index (χ3n) is 4.95. The van der Waals surface area contributed by atoms with Gasteiger partial charge in [0.05, 0.1) is 6.61 Å². The molecule has 2 aliphatic rings. The van der Waals surface area contributed by atoms with Gasteiger partial charge in [0.1, 0.15) is 0 Å². The third kappa shape index (κ3) is 8.24. The van der Waals surface area contributed by atoms with Crippen LogP contribution < -0.4 is 4.74 Å². The molecule has 0 saturated carbocycles. The van der Waals surface area contributed by atoms with Crippen molar-refractivity contribution in [1.82, 2.24) is 19.6 Å². The van der Waals surface area contributed by atoms with Crippen molar-refractivity contribution >= 4 is 17.8 Å². The molecule has 30 heavy (non-hydrogen) atoms. The van der Waals surface area contributed by atoms with E-state index in [2.05, 4.69) is 20.7 Å². The number of aliphatic carboxylic acids is 2. The second kappa shape index (κ2) is 12.0. The molecule has 1 fully saturated rings. The molecule has 10 heteroatoms. The standard InChI is InChI=1S/C16H26N4O2.C4H4O4/c1-14(21)19-10-8-18(9-11-19)6-4-12-22-16-13-15-5-2-3-7-20(15)17-16;5-3(6)1-2-4(7)8/h13H,2-12H2,1H3;1-2H,(H,5,6)(H,7,8)/b;2-1-. The predicted octanol–water partition coefficient (Wildman–Crippen LogP) is 0.864. The van der Waals surface area contributed by atoms with Crippen molar-refractivity contribution in [2.24, 2.45) is 0 Å². The molecule has 0 aromatic carbocycles. The molecule has 3 rings (SSSR count). The van der Waals surface area contributed by atoms with E-state index in [1.54, 1.807) is 6.92 Å². The number of piperazine rings is 1. The number of aryl methyl sites for hydroxylation is 2. The molecule has 1 saturated heterocycles. The molecule has 1 amide bonds. The number of carbonyl (C=O) groups excluding carboxylic acids is 1. The molecule has 0 aliphatic carbocycles. The average molecular weight is 422 g/mol. The van der Waals surface area contributed by atoms with Gasteiger partial charge in [-0.3, -0.25) is 14.4 Å². The van der Waals surface area contributed by atoms with E-state index in [4.69, 9.17) is 14.9 Å². The topological polar surface area (TPSA) is 125 Å². The number of ether oxygens (including phenoxy) is 1. The molecule has 3 heterocycles. The maximum atomic E-state index is 11.3. The molecule has 0 radical (unpaired) electrons. The van der Waals surface area contributed by atoms with Gasteiger partial charge in [-0.25, -0.2) is 9.59 Å². The zero-order valence-electron chi connectivity index (χ0n) is 17.3. The molecule has 2 N–H and O–H groups in total. The van der Waals surface area contributed by atoms with E-state index >= 15 is 0 Å². The fraction of sp³-hybridized carbons (Fsp3) is 0.600. The lowest BCUT2D eigenvalue weighted by atomic mass is 10.1. The van der Waals surface area contributed by atoms with Crippen molar-refractivity contribution in [2.45, 2.75) is 39.2 Å². The van der Waals surface area contributed by atoms with Crippen LogP contribution in [0.5, 0.6) is 5.88 Å². The normalized spacial score (nSPS) is 16.5. The van der Waals surface area contributed by atoms with Gasteiger partial charge in [-0.1, -0.05) is 0 Å². The highest BCUT2D eigenvalue weighted by Crippen LogP contribution is 2.19. The summed E-state index contributed by atoms with van der Waals surface area (Å²) >= 11 is 0. The van der Waals surface area contributed by atoms with Gasteiger partial charge in [-0.15, -0.1) is 5.10 Å². The Kier molecular flexibility index (Phi) is 9.33. The summed E-state index contributed by atoms with van der Waals surface area (Å²) in [4.78, 5) is 34.7. The summed E-state index contributed by atoms with van der Waals surface area (Å²) in [6, 6.07) is 2.09. The van der Waals surface area contributed by atoms with E-state index in [1.165, 1.54) is 18.5 Å². The Morgan fingerprint density at radius 2 is 1.73 bits per heavy atom. The second-order valence-electron chi connectivity index (χ2n) is 7.21. The van der Waals surface area contributed by atoms with Gasteiger partial charge in [0.15, 0.2) is 0 Å². The van der Waals surface area contributed by atoms with Crippen LogP contribution >= 0.6 is 0 Å². The van der Waals surface area contributed by atoms with Crippen LogP contribution in [0.1, 0.15) is 31.9 Å². The van der Waals surface area contributed by atoms with Crippen LogP contribution in [0, 0.1) is 0 Å². The summed E-state index contributed by atoms with van der Waals surface area (Å²) < 4.78 is 7.87. The minimum absolute atomic E-state index is 0.187. The minimum atomic E-state index is -1.26. The SMILES string of the molecule is CC(=O)N1CCN(CCCOc2cc3n(n2)CCCC3)CC1.O=C(O)/C=C\C(=O)O. The highest BCUT2D eigenvalue weighted by atomic mass is 16.5. The van der Waals surface area contributed by atoms with Crippen molar-refractivity contribution < 1.29 is 29.3 Å². The molecule has 166 valence electrons. The van der Waals surface area contributed by atoms with E-state index < -0.39 is 11.9 Å². The molecule has 0 unspecified atom stereocenters. The van der Waals surface area contributed by atoms with Gasteiger partial charge < -0.3 is 19.8 Å². The lowest BCUT2D eigenvalue weighted by Crippen LogP contribution is -2.48. The molecule has 1 aromatic rings. The number of carbonyl (C=O) groups is 3. The summed E-state index contributed by atoms with van der Waals surface area (Å²) in [5.41, 5.74) is 1.31. The van der Waals surface area contributed by atoms with E-state index in [-0.39, 0.29) is 5.91 Å². The maximum Gasteiger partial charge on any atom is 0.328 e. The van der Waals surface area contributed by atoms with Gasteiger partial charge >= 0.3 is 11.9 Å². The average Bonchev–Trinajstić information content (AvgIpc) is 3.13. The predicted molar refractivity (Wildman–Crippen MR) is 108 cm³/mol. The lowest BCUT2D eigenvalue weighted by Gasteiger charge is -2.34. The van der Waals surface area contributed by atoms with Crippen LogP contribution in [0.3, 0.4) is 0 Å². The Morgan fingerprint density at radius 3 is 2.30 bits per heavy atom. The van der Waals surface area contributed by atoms with E-state index in [0.717, 1.165) is 58.0 Å². The Bertz CT molecular complexity index is 713. The number of carboxylic acids is 2. The minimum Gasteiger partial charge on any atom is -0.478 e. The number of fused-ring (bicyclic) bond motifs is 1. The number of rotatable bonds is 7. The number of amides is 1. The van der Waals surface area contributed by atoms with E-state index in [0.29, 0.717) is 18.8 Å². The fourth-order valence-corrected chi connectivity index (χ4v) is 3.36. The Labute approximate surface area is 175 Å². The number of carboxylic acid groups (broad SMARTS) is 2. The summed E-state index contributed by atoms with van der Waals surface area (Å²) in [5, 5.41) is 20.1. The van der Waals surface area contributed by atoms with E-state index in [9.17, 15) is 14.4 Å². The zero-order chi connectivity index (χ0) is 21.9. The van der Waals surface area contributed by atoms with Crippen molar-refractivity contribution in [3.8, 4) is 5.88 Å². The van der Waals surface area contributed by atoms with Crippen LogP contribution in [-0.2, 0) is 27.3 Å². The second-order valence-corrected chi connectivity index (χ2v) is 7.21. The molecule has 2 aliphatic heterocycles. The van der Waals surface area contributed by atoms with Gasteiger partial charge in [0, 0.05) is 70.1 Å². The monoisotopic (exact) mass is 422 g/mol. The first-order valence-corrected chi connectivity index (χ1v) is 10.2. The van der Waals surface area contributed by atoms with Crippen LogP contribution in [0.25, 0.3) is 0 Å². The summed E-state index contributed by atoms with van der Waals surface area (Å²) in [6.07, 6.45) is 5.72. The maximum absolute atomic E-state index is 11.3. The largest absolute Gasteiger partial charge is 0.478 e. The summed E-state index contributed by atoms with van der Waals surface area (Å²) in [5.74, 6) is -1.55. The van der Waals surface area contributed by atoms with Crippen LogP contribution in [0.2, 0.25) is 0 Å². The Balaban J connectivity index is 0.000000343. The molecular weight excluding hydrogens is 392 g/mol. The lowest BCUT2D eigenvalue weighted by molar-refractivity contribution is -0.134. The number of hydrogen-bond acceptors (Lipinski definition) is 6. The van der Waals surface area contributed by atoms with Crippen molar-refractivity contribution in [2.75, 3.05) is 39.3 Å². The quantitative estimate of drug-likeness (QED) is 0.490. The smallest absolute Gasteiger partial charge is 0.328 e. The van der Waals surface area contributed by atoms with Crippen molar-refractivity contribution in [3.05, 3.63) is 23.9 Å². The van der Waals surface area contributed by atoms with Crippen LogP contribution in [0.15, 0.2) is 18.2 Å². The van der Waals surface area contributed by atoms with Crippen LogP contribution in [0.4, 0.5) is 0 Å². The molecule has 0 atom stereocenters. The van der Waals surface area contributed by atoms with Crippen molar-refractivity contribution in [1.29, 1.82) is 0 Å². The Hall–Kier alpha value is -2.88. The van der Waals surface area contributed by atoms with Gasteiger partial charge in [-0.2, -0.15) is 0 Å². The molecule has 10 nitrogen and oxygen atoms in total. The number of hydrogen-bond donors (Lipinski definition) is 2. The molecule has 1 aromatic heterocycles. The number of aromatic nitrogens is 2. The number of nitrogens with zero attached hydrogens (tertiary/aromatic N) is 4. The Morgan fingerprint density at radius 1 is 1.07 bits per heavy atom. The van der Waals surface area contributed by atoms with Crippen molar-refractivity contribution in [3.63, 3.8) is 0 Å². The molecular formula is C20H30N4O6. The summed E-state index contributed by atoms with van der Waals surface area (Å²) in [6.45, 7) is 8.06. The first kappa shape index (κ1) is 23.4. The fourth-order valence-electron chi connectivity index (χ4n) is 3.36. The highest BCUT2D eigenvalue weighted by molar-refractivity contribution is 5.89.